The van der Waals surface area contributed by atoms with Crippen molar-refractivity contribution in [2.24, 2.45) is 5.92 Å². The maximum Gasteiger partial charge on any atom is 0.408 e. The quantitative estimate of drug-likeness (QED) is 0.766. The SMILES string of the molecule is COc1ccc([C](NC(=O)OC(C)(C)C)C2CCC[C@H](O)C2)c(OC)c1OC. The molecule has 1 fully saturated rings. The van der Waals surface area contributed by atoms with Crippen LogP contribution in [-0.2, 0) is 4.74 Å². The minimum absolute atomic E-state index is 0.0386. The van der Waals surface area contributed by atoms with Crippen LogP contribution in [0.2, 0.25) is 0 Å². The van der Waals surface area contributed by atoms with Crippen LogP contribution in [0.15, 0.2) is 12.1 Å². The second-order valence-corrected chi connectivity index (χ2v) is 7.94. The smallest absolute Gasteiger partial charge is 0.408 e. The summed E-state index contributed by atoms with van der Waals surface area (Å²) in [5, 5.41) is 13.1. The van der Waals surface area contributed by atoms with Gasteiger partial charge in [-0.2, -0.15) is 0 Å². The van der Waals surface area contributed by atoms with Crippen LogP contribution in [0.5, 0.6) is 17.2 Å². The fourth-order valence-corrected chi connectivity index (χ4v) is 3.54. The standard InChI is InChI=1S/C21H32NO6/c1-21(2,3)28-20(24)22-17(13-8-7-9-14(23)12-13)15-10-11-16(25-4)19(27-6)18(15)26-5/h10-11,13-14,23H,7-9,12H2,1-6H3,(H,22,24)/t13?,14-/m0/s1. The number of nitrogens with one attached hydrogen (secondary N) is 1. The van der Waals surface area contributed by atoms with Gasteiger partial charge in [-0.15, -0.1) is 0 Å². The highest BCUT2D eigenvalue weighted by Gasteiger charge is 2.35. The number of hydrogen-bond donors (Lipinski definition) is 2. The summed E-state index contributed by atoms with van der Waals surface area (Å²) in [7, 11) is 4.63. The summed E-state index contributed by atoms with van der Waals surface area (Å²) >= 11 is 0. The average molecular weight is 394 g/mol. The van der Waals surface area contributed by atoms with Crippen molar-refractivity contribution in [2.45, 2.75) is 58.2 Å². The average Bonchev–Trinajstić information content (AvgIpc) is 2.63. The molecule has 7 nitrogen and oxygen atoms in total. The Labute approximate surface area is 167 Å². The Morgan fingerprint density at radius 2 is 1.75 bits per heavy atom. The molecule has 1 aromatic carbocycles. The number of benzene rings is 1. The molecule has 0 heterocycles. The van der Waals surface area contributed by atoms with Gasteiger partial charge in [-0.25, -0.2) is 4.79 Å². The van der Waals surface area contributed by atoms with Crippen molar-refractivity contribution >= 4 is 6.09 Å². The highest BCUT2D eigenvalue weighted by molar-refractivity contribution is 5.72. The molecule has 1 unspecified atom stereocenters. The third-order valence-electron chi connectivity index (χ3n) is 4.68. The highest BCUT2D eigenvalue weighted by Crippen LogP contribution is 2.45. The molecule has 2 N–H and O–H groups in total. The van der Waals surface area contributed by atoms with Crippen LogP contribution in [0.3, 0.4) is 0 Å². The first-order valence-corrected chi connectivity index (χ1v) is 9.54. The Kier molecular flexibility index (Phi) is 7.41. The van der Waals surface area contributed by atoms with E-state index in [2.05, 4.69) is 5.32 Å². The zero-order valence-electron chi connectivity index (χ0n) is 17.6. The summed E-state index contributed by atoms with van der Waals surface area (Å²) in [5.74, 6) is 1.40. The molecular weight excluding hydrogens is 362 g/mol. The number of aliphatic hydroxyl groups is 1. The minimum Gasteiger partial charge on any atom is -0.493 e. The van der Waals surface area contributed by atoms with Gasteiger partial charge >= 0.3 is 6.09 Å². The molecule has 0 bridgehead atoms. The summed E-state index contributed by atoms with van der Waals surface area (Å²) in [4.78, 5) is 12.5. The topological polar surface area (TPSA) is 86.3 Å². The van der Waals surface area contributed by atoms with Crippen molar-refractivity contribution in [3.63, 3.8) is 0 Å². The number of aliphatic hydroxyl groups excluding tert-OH is 1. The number of methoxy groups -OCH3 is 3. The molecule has 28 heavy (non-hydrogen) atoms. The van der Waals surface area contributed by atoms with Gasteiger partial charge in [-0.3, -0.25) is 0 Å². The van der Waals surface area contributed by atoms with Crippen LogP contribution in [0.25, 0.3) is 0 Å². The number of carbonyl (C=O) groups excluding carboxylic acids is 1. The number of ether oxygens (including phenoxy) is 4. The second-order valence-electron chi connectivity index (χ2n) is 7.94. The Balaban J connectivity index is 2.44. The van der Waals surface area contributed by atoms with Crippen molar-refractivity contribution in [3.8, 4) is 17.2 Å². The summed E-state index contributed by atoms with van der Waals surface area (Å²) in [6.45, 7) is 5.44. The van der Waals surface area contributed by atoms with E-state index in [-0.39, 0.29) is 5.92 Å². The van der Waals surface area contributed by atoms with E-state index in [0.29, 0.717) is 35.3 Å². The third kappa shape index (κ3) is 5.44. The molecule has 1 aromatic rings. The predicted octanol–water partition coefficient (Wildman–Crippen LogP) is 3.67. The zero-order valence-corrected chi connectivity index (χ0v) is 17.6. The molecule has 1 radical (unpaired) electrons. The van der Waals surface area contributed by atoms with Crippen LogP contribution < -0.4 is 19.5 Å². The van der Waals surface area contributed by atoms with Gasteiger partial charge in [0.1, 0.15) is 11.6 Å². The lowest BCUT2D eigenvalue weighted by atomic mass is 9.79. The van der Waals surface area contributed by atoms with Crippen LogP contribution in [0.1, 0.15) is 52.0 Å². The molecule has 157 valence electrons. The number of carbonyl (C=O) groups is 1. The molecule has 1 saturated carbocycles. The largest absolute Gasteiger partial charge is 0.493 e. The molecule has 7 heteroatoms. The molecule has 0 spiro atoms. The van der Waals surface area contributed by atoms with E-state index in [9.17, 15) is 9.90 Å². The van der Waals surface area contributed by atoms with Crippen molar-refractivity contribution in [1.29, 1.82) is 0 Å². The minimum atomic E-state index is -0.622. The first kappa shape index (κ1) is 22.1. The molecule has 1 aliphatic rings. The van der Waals surface area contributed by atoms with Crippen molar-refractivity contribution in [2.75, 3.05) is 21.3 Å². The van der Waals surface area contributed by atoms with Gasteiger partial charge < -0.3 is 29.4 Å². The van der Waals surface area contributed by atoms with Gasteiger partial charge in [-0.05, 0) is 58.1 Å². The normalized spacial score (nSPS) is 19.9. The summed E-state index contributed by atoms with van der Waals surface area (Å²) in [6.07, 6.45) is 2.10. The van der Waals surface area contributed by atoms with Crippen molar-refractivity contribution < 1.29 is 28.8 Å². The number of amides is 1. The molecule has 0 saturated heterocycles. The number of rotatable bonds is 6. The molecule has 2 atom stereocenters. The summed E-state index contributed by atoms with van der Waals surface area (Å²) in [6, 6.07) is 4.26. The Morgan fingerprint density at radius 3 is 2.29 bits per heavy atom. The van der Waals surface area contributed by atoms with Crippen LogP contribution >= 0.6 is 0 Å². The summed E-state index contributed by atoms with van der Waals surface area (Å²) < 4.78 is 21.9. The summed E-state index contributed by atoms with van der Waals surface area (Å²) in [5.41, 5.74) is 0.0632. The molecule has 0 aromatic heterocycles. The van der Waals surface area contributed by atoms with E-state index >= 15 is 0 Å². The maximum atomic E-state index is 12.5. The Hall–Kier alpha value is -2.15. The fraction of sp³-hybridized carbons (Fsp3) is 0.619. The van der Waals surface area contributed by atoms with E-state index in [4.69, 9.17) is 18.9 Å². The van der Waals surface area contributed by atoms with Gasteiger partial charge in [0, 0.05) is 5.56 Å². The number of hydrogen-bond acceptors (Lipinski definition) is 6. The lowest BCUT2D eigenvalue weighted by molar-refractivity contribution is 0.0504. The van der Waals surface area contributed by atoms with Crippen LogP contribution in [-0.4, -0.2) is 44.2 Å². The Morgan fingerprint density at radius 1 is 1.07 bits per heavy atom. The van der Waals surface area contributed by atoms with Gasteiger partial charge in [-0.1, -0.05) is 6.42 Å². The van der Waals surface area contributed by atoms with E-state index in [0.717, 1.165) is 19.3 Å². The van der Waals surface area contributed by atoms with E-state index < -0.39 is 17.8 Å². The van der Waals surface area contributed by atoms with Crippen LogP contribution in [0, 0.1) is 12.0 Å². The first-order chi connectivity index (χ1) is 13.2. The molecule has 1 aliphatic carbocycles. The molecule has 0 aliphatic heterocycles. The predicted molar refractivity (Wildman–Crippen MR) is 106 cm³/mol. The second kappa shape index (κ2) is 9.37. The van der Waals surface area contributed by atoms with Gasteiger partial charge in [0.05, 0.1) is 27.4 Å². The van der Waals surface area contributed by atoms with E-state index in [1.54, 1.807) is 20.3 Å². The Bertz CT molecular complexity index is 670. The first-order valence-electron chi connectivity index (χ1n) is 9.54. The van der Waals surface area contributed by atoms with E-state index in [1.165, 1.54) is 7.11 Å². The van der Waals surface area contributed by atoms with Gasteiger partial charge in [0.15, 0.2) is 11.5 Å². The fourth-order valence-electron chi connectivity index (χ4n) is 3.54. The zero-order chi connectivity index (χ0) is 20.9. The van der Waals surface area contributed by atoms with Crippen molar-refractivity contribution in [1.82, 2.24) is 5.32 Å². The van der Waals surface area contributed by atoms with Gasteiger partial charge in [0.25, 0.3) is 0 Å². The third-order valence-corrected chi connectivity index (χ3v) is 4.68. The van der Waals surface area contributed by atoms with E-state index in [1.807, 2.05) is 26.8 Å². The monoisotopic (exact) mass is 394 g/mol. The maximum absolute atomic E-state index is 12.5. The molecule has 2 rings (SSSR count). The highest BCUT2D eigenvalue weighted by atomic mass is 16.6. The number of alkyl carbamates (subject to hydrolysis) is 1. The molecule has 1 amide bonds. The lowest BCUT2D eigenvalue weighted by Gasteiger charge is -2.34. The molecular formula is C21H32NO6. The van der Waals surface area contributed by atoms with Crippen LogP contribution in [0.4, 0.5) is 4.79 Å². The van der Waals surface area contributed by atoms with Crippen molar-refractivity contribution in [3.05, 3.63) is 23.7 Å². The lowest BCUT2D eigenvalue weighted by Crippen LogP contribution is -2.40. The van der Waals surface area contributed by atoms with Gasteiger partial charge in [0.2, 0.25) is 5.75 Å².